The minimum Gasteiger partial charge on any atom is -0.384 e. The molecule has 2 N–H and O–H groups in total. The van der Waals surface area contributed by atoms with E-state index in [1.165, 1.54) is 17.6 Å². The van der Waals surface area contributed by atoms with Crippen molar-refractivity contribution in [2.45, 2.75) is 19.9 Å². The number of methoxy groups -OCH3 is 1. The largest absolute Gasteiger partial charge is 0.384 e. The monoisotopic (exact) mass is 385 g/mol. The van der Waals surface area contributed by atoms with Gasteiger partial charge in [0, 0.05) is 39.4 Å². The molecule has 0 amide bonds. The lowest BCUT2D eigenvalue weighted by Gasteiger charge is -2.14. The number of nitrogen functional groups attached to an aromatic ring is 1. The van der Waals surface area contributed by atoms with Crippen molar-refractivity contribution < 1.29 is 17.9 Å². The number of aryl methyl sites for hydroxylation is 1. The fraction of sp³-hybridized carbons (Fsp3) is 0.625. The highest BCUT2D eigenvalue weighted by Crippen LogP contribution is 2.22. The number of nitrogens with zero attached hydrogens (tertiary/aromatic N) is 4. The van der Waals surface area contributed by atoms with Gasteiger partial charge in [0.2, 0.25) is 10.0 Å². The molecule has 0 radical (unpaired) electrons. The average molecular weight is 385 g/mol. The molecule has 0 saturated heterocycles. The number of ether oxygens (including phenoxy) is 2. The third-order valence-corrected chi connectivity index (χ3v) is 5.39. The number of pyridine rings is 1. The van der Waals surface area contributed by atoms with E-state index in [4.69, 9.17) is 15.2 Å². The number of sulfonamides is 1. The van der Waals surface area contributed by atoms with Crippen LogP contribution in [0.2, 0.25) is 0 Å². The van der Waals surface area contributed by atoms with E-state index in [-0.39, 0.29) is 0 Å². The Balaban J connectivity index is 2.07. The van der Waals surface area contributed by atoms with Crippen LogP contribution in [0.3, 0.4) is 0 Å². The van der Waals surface area contributed by atoms with Gasteiger partial charge in [0.05, 0.1) is 31.6 Å². The molecule has 10 heteroatoms. The molecule has 2 aromatic rings. The number of aromatic nitrogens is 3. The number of likely N-dealkylation sites (N-methyl/N-ethyl adjacent to an activating group) is 1. The third-order valence-electron chi connectivity index (χ3n) is 4.08. The number of nitrogens with two attached hydrogens (primary N) is 1. The van der Waals surface area contributed by atoms with Crippen LogP contribution in [0.15, 0.2) is 6.07 Å². The first-order chi connectivity index (χ1) is 12.2. The van der Waals surface area contributed by atoms with E-state index in [0.717, 1.165) is 17.0 Å². The highest BCUT2D eigenvalue weighted by molar-refractivity contribution is 7.88. The second kappa shape index (κ2) is 8.76. The van der Waals surface area contributed by atoms with Gasteiger partial charge in [-0.3, -0.25) is 0 Å². The standard InChI is InChI=1S/C16H27N5O4S/c1-12-11-13-15(16(17)18-12)19-14(5-8-24-3)21(13)7-10-25-9-6-20(2)26(4,22)23/h11H,5-10H2,1-4H3,(H2,17,18). The van der Waals surface area contributed by atoms with Crippen molar-refractivity contribution >= 4 is 26.9 Å². The van der Waals surface area contributed by atoms with Crippen molar-refractivity contribution in [1.29, 1.82) is 0 Å². The lowest BCUT2D eigenvalue weighted by Crippen LogP contribution is -2.29. The Morgan fingerprint density at radius 3 is 2.65 bits per heavy atom. The number of rotatable bonds is 10. The Hall–Kier alpha value is -1.75. The first-order valence-electron chi connectivity index (χ1n) is 8.34. The summed E-state index contributed by atoms with van der Waals surface area (Å²) in [6, 6.07) is 1.95. The summed E-state index contributed by atoms with van der Waals surface area (Å²) in [6.07, 6.45) is 1.83. The fourth-order valence-corrected chi connectivity index (χ4v) is 2.98. The summed E-state index contributed by atoms with van der Waals surface area (Å²) >= 11 is 0. The SMILES string of the molecule is COCCc1nc2c(N)nc(C)cc2n1CCOCCN(C)S(C)(=O)=O. The molecule has 2 heterocycles. The quantitative estimate of drug-likeness (QED) is 0.590. The molecule has 2 rings (SSSR count). The van der Waals surface area contributed by atoms with Gasteiger partial charge < -0.3 is 19.8 Å². The van der Waals surface area contributed by atoms with E-state index in [2.05, 4.69) is 14.5 Å². The van der Waals surface area contributed by atoms with Crippen molar-refractivity contribution in [3.63, 3.8) is 0 Å². The molecule has 0 spiro atoms. The molecular weight excluding hydrogens is 358 g/mol. The van der Waals surface area contributed by atoms with Crippen molar-refractivity contribution in [2.75, 3.05) is 52.5 Å². The summed E-state index contributed by atoms with van der Waals surface area (Å²) in [5, 5.41) is 0. The van der Waals surface area contributed by atoms with Crippen molar-refractivity contribution in [2.24, 2.45) is 0 Å². The first-order valence-corrected chi connectivity index (χ1v) is 10.2. The van der Waals surface area contributed by atoms with E-state index in [1.54, 1.807) is 7.11 Å². The predicted octanol–water partition coefficient (Wildman–Crippen LogP) is 0.419. The van der Waals surface area contributed by atoms with Crippen molar-refractivity contribution in [1.82, 2.24) is 18.8 Å². The van der Waals surface area contributed by atoms with Gasteiger partial charge in [0.1, 0.15) is 11.3 Å². The Morgan fingerprint density at radius 2 is 2.00 bits per heavy atom. The summed E-state index contributed by atoms with van der Waals surface area (Å²) < 4.78 is 36.8. The first kappa shape index (κ1) is 20.6. The zero-order valence-electron chi connectivity index (χ0n) is 15.7. The molecule has 0 unspecified atom stereocenters. The van der Waals surface area contributed by atoms with E-state index >= 15 is 0 Å². The number of imidazole rings is 1. The summed E-state index contributed by atoms with van der Waals surface area (Å²) in [5.41, 5.74) is 8.42. The Bertz CT molecular complexity index is 850. The average Bonchev–Trinajstić information content (AvgIpc) is 2.89. The van der Waals surface area contributed by atoms with Crippen LogP contribution in [0.25, 0.3) is 11.0 Å². The van der Waals surface area contributed by atoms with Gasteiger partial charge in [0.25, 0.3) is 0 Å². The van der Waals surface area contributed by atoms with Gasteiger partial charge in [-0.05, 0) is 13.0 Å². The van der Waals surface area contributed by atoms with Crippen LogP contribution in [0.5, 0.6) is 0 Å². The second-order valence-corrected chi connectivity index (χ2v) is 8.23. The lowest BCUT2D eigenvalue weighted by molar-refractivity contribution is 0.118. The zero-order valence-corrected chi connectivity index (χ0v) is 16.5. The summed E-state index contributed by atoms with van der Waals surface area (Å²) in [4.78, 5) is 8.87. The van der Waals surface area contributed by atoms with E-state index in [0.29, 0.717) is 50.7 Å². The highest BCUT2D eigenvalue weighted by atomic mass is 32.2. The summed E-state index contributed by atoms with van der Waals surface area (Å²) in [7, 11) is -0.00667. The van der Waals surface area contributed by atoms with E-state index < -0.39 is 10.0 Å². The molecule has 0 saturated carbocycles. The van der Waals surface area contributed by atoms with Crippen LogP contribution < -0.4 is 5.73 Å². The van der Waals surface area contributed by atoms with Gasteiger partial charge in [-0.25, -0.2) is 22.7 Å². The minimum absolute atomic E-state index is 0.315. The normalized spacial score (nSPS) is 12.3. The minimum atomic E-state index is -3.19. The molecule has 0 atom stereocenters. The lowest BCUT2D eigenvalue weighted by atomic mass is 10.3. The van der Waals surface area contributed by atoms with Gasteiger partial charge in [0.15, 0.2) is 5.82 Å². The smallest absolute Gasteiger partial charge is 0.211 e. The van der Waals surface area contributed by atoms with Crippen LogP contribution in [0.1, 0.15) is 11.5 Å². The molecule has 0 fully saturated rings. The van der Waals surface area contributed by atoms with Crippen molar-refractivity contribution in [3.05, 3.63) is 17.6 Å². The van der Waals surface area contributed by atoms with Gasteiger partial charge >= 0.3 is 0 Å². The molecule has 0 aliphatic rings. The number of fused-ring (bicyclic) bond motifs is 1. The summed E-state index contributed by atoms with van der Waals surface area (Å²) in [5.74, 6) is 1.27. The van der Waals surface area contributed by atoms with E-state index in [9.17, 15) is 8.42 Å². The molecule has 0 aromatic carbocycles. The molecule has 146 valence electrons. The number of hydrogen-bond donors (Lipinski definition) is 1. The Morgan fingerprint density at radius 1 is 1.27 bits per heavy atom. The van der Waals surface area contributed by atoms with Gasteiger partial charge in [-0.1, -0.05) is 0 Å². The van der Waals surface area contributed by atoms with Crippen molar-refractivity contribution in [3.8, 4) is 0 Å². The molecule has 0 bridgehead atoms. The van der Waals surface area contributed by atoms with Crippen LogP contribution in [-0.2, 0) is 32.5 Å². The Kier molecular flexibility index (Phi) is 6.93. The molecule has 2 aromatic heterocycles. The van der Waals surface area contributed by atoms with Crippen LogP contribution >= 0.6 is 0 Å². The maximum Gasteiger partial charge on any atom is 0.211 e. The zero-order chi connectivity index (χ0) is 19.3. The number of anilines is 1. The molecule has 0 aliphatic carbocycles. The maximum atomic E-state index is 11.4. The molecule has 26 heavy (non-hydrogen) atoms. The number of hydrogen-bond acceptors (Lipinski definition) is 7. The topological polar surface area (TPSA) is 113 Å². The fourth-order valence-electron chi connectivity index (χ4n) is 2.57. The molecular formula is C16H27N5O4S. The van der Waals surface area contributed by atoms with Crippen LogP contribution in [-0.4, -0.2) is 74.0 Å². The van der Waals surface area contributed by atoms with Gasteiger partial charge in [-0.2, -0.15) is 0 Å². The maximum absolute atomic E-state index is 11.4. The predicted molar refractivity (Wildman–Crippen MR) is 101 cm³/mol. The van der Waals surface area contributed by atoms with Gasteiger partial charge in [-0.15, -0.1) is 0 Å². The second-order valence-electron chi connectivity index (χ2n) is 6.14. The molecule has 0 aliphatic heterocycles. The Labute approximate surface area is 154 Å². The summed E-state index contributed by atoms with van der Waals surface area (Å²) in [6.45, 7) is 4.10. The van der Waals surface area contributed by atoms with E-state index in [1.807, 2.05) is 13.0 Å². The van der Waals surface area contributed by atoms with Crippen LogP contribution in [0.4, 0.5) is 5.82 Å². The van der Waals surface area contributed by atoms with Crippen LogP contribution in [0, 0.1) is 6.92 Å². The molecule has 9 nitrogen and oxygen atoms in total. The third kappa shape index (κ3) is 5.13. The highest BCUT2D eigenvalue weighted by Gasteiger charge is 2.14.